The lowest BCUT2D eigenvalue weighted by atomic mass is 9.91. The summed E-state index contributed by atoms with van der Waals surface area (Å²) in [5, 5.41) is 16.9. The summed E-state index contributed by atoms with van der Waals surface area (Å²) in [4.78, 5) is 29.5. The van der Waals surface area contributed by atoms with E-state index in [-0.39, 0.29) is 23.7 Å². The first kappa shape index (κ1) is 19.8. The van der Waals surface area contributed by atoms with Crippen LogP contribution >= 0.6 is 0 Å². The molecule has 3 aromatic heterocycles. The molecule has 30 heavy (non-hydrogen) atoms. The zero-order chi connectivity index (χ0) is 21.3. The van der Waals surface area contributed by atoms with E-state index in [1.54, 1.807) is 19.4 Å². The van der Waals surface area contributed by atoms with Gasteiger partial charge in [-0.1, -0.05) is 12.8 Å². The van der Waals surface area contributed by atoms with Crippen LogP contribution in [0.3, 0.4) is 0 Å². The van der Waals surface area contributed by atoms with E-state index in [1.807, 2.05) is 6.07 Å². The van der Waals surface area contributed by atoms with Gasteiger partial charge in [0.2, 0.25) is 0 Å². The third-order valence-electron chi connectivity index (χ3n) is 5.29. The number of nitrogens with zero attached hydrogens (tertiary/aromatic N) is 5. The van der Waals surface area contributed by atoms with Crippen molar-refractivity contribution in [3.63, 3.8) is 0 Å². The number of rotatable bonds is 5. The van der Waals surface area contributed by atoms with Crippen LogP contribution in [0.4, 0.5) is 11.5 Å². The van der Waals surface area contributed by atoms with Crippen molar-refractivity contribution in [2.75, 3.05) is 17.7 Å². The maximum atomic E-state index is 12.9. The van der Waals surface area contributed by atoms with Gasteiger partial charge in [-0.3, -0.25) is 14.3 Å². The Morgan fingerprint density at radius 3 is 2.80 bits per heavy atom. The maximum Gasteiger partial charge on any atom is 0.273 e. The van der Waals surface area contributed by atoms with Gasteiger partial charge < -0.3 is 21.7 Å². The molecular weight excluding hydrogens is 386 g/mol. The van der Waals surface area contributed by atoms with Gasteiger partial charge in [0.15, 0.2) is 11.3 Å². The van der Waals surface area contributed by atoms with Crippen LogP contribution in [-0.4, -0.2) is 55.3 Å². The Balaban J connectivity index is 1.58. The number of aryl methyl sites for hydroxylation is 1. The Bertz CT molecular complexity index is 1090. The van der Waals surface area contributed by atoms with Gasteiger partial charge in [0, 0.05) is 38.6 Å². The molecule has 5 N–H and O–H groups in total. The molecule has 0 aromatic carbocycles. The van der Waals surface area contributed by atoms with Gasteiger partial charge in [-0.2, -0.15) is 10.2 Å². The van der Waals surface area contributed by atoms with Crippen LogP contribution < -0.4 is 21.7 Å². The molecule has 0 aliphatic heterocycles. The topological polar surface area (TPSA) is 144 Å². The fraction of sp³-hybridized carbons (Fsp3) is 0.421. The summed E-state index contributed by atoms with van der Waals surface area (Å²) < 4.78 is 2.99. The molecule has 4 rings (SSSR count). The summed E-state index contributed by atoms with van der Waals surface area (Å²) >= 11 is 0. The van der Waals surface area contributed by atoms with E-state index in [0.717, 1.165) is 25.7 Å². The molecule has 2 amide bonds. The highest BCUT2D eigenvalue weighted by Crippen LogP contribution is 2.22. The van der Waals surface area contributed by atoms with Crippen molar-refractivity contribution in [2.45, 2.75) is 37.8 Å². The molecular formula is C19H25N9O2. The Labute approximate surface area is 173 Å². The average molecular weight is 411 g/mol. The SMILES string of the molecule is CNC(=O)c1nn(C)cc1NC(=O)c1cnn2ccc(N[C@@H]3CCCC[C@@H]3N)nc12. The fourth-order valence-corrected chi connectivity index (χ4v) is 3.69. The van der Waals surface area contributed by atoms with Crippen LogP contribution in [0, 0.1) is 0 Å². The normalized spacial score (nSPS) is 18.9. The molecule has 1 aliphatic rings. The first-order chi connectivity index (χ1) is 14.5. The average Bonchev–Trinajstić information content (AvgIpc) is 3.32. The third-order valence-corrected chi connectivity index (χ3v) is 5.29. The molecule has 2 atom stereocenters. The molecule has 1 aliphatic carbocycles. The lowest BCUT2D eigenvalue weighted by molar-refractivity contribution is 0.0958. The molecule has 3 aromatic rings. The third kappa shape index (κ3) is 3.83. The lowest BCUT2D eigenvalue weighted by Crippen LogP contribution is -2.42. The van der Waals surface area contributed by atoms with Crippen LogP contribution in [0.25, 0.3) is 5.65 Å². The van der Waals surface area contributed by atoms with Crippen molar-refractivity contribution in [2.24, 2.45) is 12.8 Å². The van der Waals surface area contributed by atoms with E-state index in [0.29, 0.717) is 22.7 Å². The van der Waals surface area contributed by atoms with Crippen LogP contribution in [-0.2, 0) is 7.05 Å². The molecule has 0 unspecified atom stereocenters. The maximum absolute atomic E-state index is 12.9. The zero-order valence-electron chi connectivity index (χ0n) is 16.9. The van der Waals surface area contributed by atoms with Gasteiger partial charge in [0.1, 0.15) is 11.4 Å². The molecule has 11 nitrogen and oxygen atoms in total. The highest BCUT2D eigenvalue weighted by Gasteiger charge is 2.23. The summed E-state index contributed by atoms with van der Waals surface area (Å²) in [6.07, 6.45) is 9.01. The fourth-order valence-electron chi connectivity index (χ4n) is 3.69. The number of carbonyl (C=O) groups excluding carboxylic acids is 2. The zero-order valence-corrected chi connectivity index (χ0v) is 16.9. The molecule has 1 fully saturated rings. The van der Waals surface area contributed by atoms with E-state index in [1.165, 1.54) is 22.4 Å². The molecule has 0 saturated heterocycles. The highest BCUT2D eigenvalue weighted by molar-refractivity contribution is 6.10. The van der Waals surface area contributed by atoms with Gasteiger partial charge in [0.25, 0.3) is 11.8 Å². The molecule has 1 saturated carbocycles. The van der Waals surface area contributed by atoms with Gasteiger partial charge in [-0.05, 0) is 18.9 Å². The summed E-state index contributed by atoms with van der Waals surface area (Å²) in [6.45, 7) is 0. The van der Waals surface area contributed by atoms with Crippen molar-refractivity contribution >= 4 is 29.0 Å². The van der Waals surface area contributed by atoms with Crippen molar-refractivity contribution in [1.82, 2.24) is 29.7 Å². The highest BCUT2D eigenvalue weighted by atomic mass is 16.2. The van der Waals surface area contributed by atoms with E-state index in [4.69, 9.17) is 5.73 Å². The number of hydrogen-bond donors (Lipinski definition) is 4. The summed E-state index contributed by atoms with van der Waals surface area (Å²) in [5.74, 6) is -0.173. The van der Waals surface area contributed by atoms with Crippen LogP contribution in [0.5, 0.6) is 0 Å². The standard InChI is InChI=1S/C19H25N9O2/c1-21-19(30)16-14(10-27(2)26-16)24-18(29)11-9-22-28-8-7-15(25-17(11)28)23-13-6-4-3-5-12(13)20/h7-10,12-13H,3-6,20H2,1-2H3,(H,21,30)(H,23,25)(H,24,29)/t12-,13+/m0/s1. The predicted octanol–water partition coefficient (Wildman–Crippen LogP) is 0.756. The number of anilines is 2. The van der Waals surface area contributed by atoms with Gasteiger partial charge in [-0.25, -0.2) is 9.50 Å². The van der Waals surface area contributed by atoms with Crippen molar-refractivity contribution < 1.29 is 9.59 Å². The van der Waals surface area contributed by atoms with Crippen molar-refractivity contribution in [1.29, 1.82) is 0 Å². The summed E-state index contributed by atoms with van der Waals surface area (Å²) in [5.41, 5.74) is 7.36. The minimum absolute atomic E-state index is 0.0816. The first-order valence-electron chi connectivity index (χ1n) is 9.90. The molecule has 158 valence electrons. The van der Waals surface area contributed by atoms with Gasteiger partial charge >= 0.3 is 0 Å². The Kier molecular flexibility index (Phi) is 5.36. The van der Waals surface area contributed by atoms with E-state index in [9.17, 15) is 9.59 Å². The largest absolute Gasteiger partial charge is 0.366 e. The molecule has 3 heterocycles. The van der Waals surface area contributed by atoms with Crippen LogP contribution in [0.1, 0.15) is 46.5 Å². The quantitative estimate of drug-likeness (QED) is 0.485. The summed E-state index contributed by atoms with van der Waals surface area (Å²) in [7, 11) is 3.18. The van der Waals surface area contributed by atoms with Crippen molar-refractivity contribution in [3.8, 4) is 0 Å². The number of aromatic nitrogens is 5. The molecule has 11 heteroatoms. The number of fused-ring (bicyclic) bond motifs is 1. The second-order valence-corrected chi connectivity index (χ2v) is 7.44. The van der Waals surface area contributed by atoms with Crippen LogP contribution in [0.15, 0.2) is 24.7 Å². The van der Waals surface area contributed by atoms with E-state index in [2.05, 4.69) is 31.1 Å². The summed E-state index contributed by atoms with van der Waals surface area (Å²) in [6, 6.07) is 2.05. The van der Waals surface area contributed by atoms with Crippen molar-refractivity contribution in [3.05, 3.63) is 35.9 Å². The minimum atomic E-state index is -0.429. The predicted molar refractivity (Wildman–Crippen MR) is 111 cm³/mol. The Morgan fingerprint density at radius 2 is 2.03 bits per heavy atom. The Morgan fingerprint density at radius 1 is 1.23 bits per heavy atom. The monoisotopic (exact) mass is 411 g/mol. The van der Waals surface area contributed by atoms with E-state index >= 15 is 0 Å². The lowest BCUT2D eigenvalue weighted by Gasteiger charge is -2.29. The van der Waals surface area contributed by atoms with Gasteiger partial charge in [-0.15, -0.1) is 0 Å². The number of carbonyl (C=O) groups is 2. The first-order valence-corrected chi connectivity index (χ1v) is 9.90. The molecule has 0 spiro atoms. The van der Waals surface area contributed by atoms with Gasteiger partial charge in [0.05, 0.1) is 11.9 Å². The smallest absolute Gasteiger partial charge is 0.273 e. The second-order valence-electron chi connectivity index (χ2n) is 7.44. The van der Waals surface area contributed by atoms with E-state index < -0.39 is 5.91 Å². The number of nitrogens with two attached hydrogens (primary N) is 1. The Hall–Kier alpha value is -3.47. The number of hydrogen-bond acceptors (Lipinski definition) is 7. The molecule has 0 radical (unpaired) electrons. The number of amides is 2. The number of nitrogens with one attached hydrogen (secondary N) is 3. The van der Waals surface area contributed by atoms with Crippen LogP contribution in [0.2, 0.25) is 0 Å². The minimum Gasteiger partial charge on any atom is -0.366 e. The second kappa shape index (κ2) is 8.11. The molecule has 0 bridgehead atoms.